The van der Waals surface area contributed by atoms with Gasteiger partial charge in [0.1, 0.15) is 0 Å². The van der Waals surface area contributed by atoms with Crippen molar-refractivity contribution in [2.24, 2.45) is 0 Å². The number of rotatable bonds is 6. The zero-order chi connectivity index (χ0) is 21.9. The van der Waals surface area contributed by atoms with Crippen LogP contribution in [0.4, 0.5) is 5.69 Å². The van der Waals surface area contributed by atoms with Crippen LogP contribution in [0.15, 0.2) is 90.2 Å². The minimum absolute atomic E-state index is 0.131. The summed E-state index contributed by atoms with van der Waals surface area (Å²) in [5, 5.41) is 0.866. The highest BCUT2D eigenvalue weighted by atomic mass is 32.2. The monoisotopic (exact) mass is 439 g/mol. The molecule has 0 saturated heterocycles. The average Bonchev–Trinajstić information content (AvgIpc) is 3.43. The summed E-state index contributed by atoms with van der Waals surface area (Å²) < 4.78 is 2.22. The molecule has 0 N–H and O–H groups in total. The molecule has 4 aromatic rings. The molecule has 3 aromatic carbocycles. The number of amides is 1. The van der Waals surface area contributed by atoms with Crippen LogP contribution in [0.2, 0.25) is 0 Å². The molecule has 0 unspecified atom stereocenters. The maximum Gasteiger partial charge on any atom is 0.237 e. The predicted octanol–water partition coefficient (Wildman–Crippen LogP) is 5.59. The number of carbonyl (C=O) groups excluding carboxylic acids is 1. The van der Waals surface area contributed by atoms with Crippen LogP contribution in [0.5, 0.6) is 0 Å². The third-order valence-corrected chi connectivity index (χ3v) is 6.84. The van der Waals surface area contributed by atoms with Crippen LogP contribution in [0.3, 0.4) is 0 Å². The summed E-state index contributed by atoms with van der Waals surface area (Å²) in [7, 11) is 0. The van der Waals surface area contributed by atoms with Crippen LogP contribution in [-0.2, 0) is 17.8 Å². The first-order chi connectivity index (χ1) is 15.7. The second kappa shape index (κ2) is 9.05. The van der Waals surface area contributed by atoms with Crippen LogP contribution in [0, 0.1) is 6.92 Å². The first-order valence-corrected chi connectivity index (χ1v) is 11.8. The van der Waals surface area contributed by atoms with Crippen LogP contribution < -0.4 is 4.90 Å². The number of aryl methyl sites for hydroxylation is 1. The summed E-state index contributed by atoms with van der Waals surface area (Å²) in [5.41, 5.74) is 6.93. The van der Waals surface area contributed by atoms with Crippen molar-refractivity contribution in [1.29, 1.82) is 0 Å². The quantitative estimate of drug-likeness (QED) is 0.368. The van der Waals surface area contributed by atoms with E-state index in [1.54, 1.807) is 0 Å². The van der Waals surface area contributed by atoms with E-state index in [1.165, 1.54) is 28.5 Å². The van der Waals surface area contributed by atoms with Crippen molar-refractivity contribution in [2.75, 3.05) is 17.2 Å². The Balaban J connectivity index is 1.39. The Kier molecular flexibility index (Phi) is 5.82. The number of para-hydroxylation sites is 1. The van der Waals surface area contributed by atoms with Gasteiger partial charge in [0.2, 0.25) is 5.91 Å². The number of hydrogen-bond donors (Lipinski definition) is 0. The molecule has 1 amide bonds. The third-order valence-electron chi connectivity index (χ3n) is 5.86. The van der Waals surface area contributed by atoms with Gasteiger partial charge in [0, 0.05) is 12.2 Å². The Morgan fingerprint density at radius 1 is 0.969 bits per heavy atom. The molecule has 4 nitrogen and oxygen atoms in total. The third kappa shape index (κ3) is 4.21. The van der Waals surface area contributed by atoms with Gasteiger partial charge in [-0.2, -0.15) is 0 Å². The van der Waals surface area contributed by atoms with E-state index in [4.69, 9.17) is 4.98 Å². The molecule has 0 atom stereocenters. The number of hydrogen-bond acceptors (Lipinski definition) is 3. The molecule has 0 spiro atoms. The van der Waals surface area contributed by atoms with E-state index < -0.39 is 0 Å². The minimum Gasteiger partial charge on any atom is -0.314 e. The molecular formula is C27H25N3OS. The number of anilines is 1. The van der Waals surface area contributed by atoms with Gasteiger partial charge in [-0.15, -0.1) is 0 Å². The van der Waals surface area contributed by atoms with Gasteiger partial charge in [0.05, 0.1) is 24.2 Å². The van der Waals surface area contributed by atoms with Crippen molar-refractivity contribution in [2.45, 2.75) is 25.0 Å². The topological polar surface area (TPSA) is 38.1 Å². The molecule has 0 fully saturated rings. The highest BCUT2D eigenvalue weighted by molar-refractivity contribution is 7.99. The minimum atomic E-state index is 0.131. The fraction of sp³-hybridized carbons (Fsp3) is 0.185. The van der Waals surface area contributed by atoms with E-state index in [0.29, 0.717) is 12.3 Å². The Morgan fingerprint density at radius 2 is 1.72 bits per heavy atom. The number of thioether (sulfide) groups is 1. The molecule has 5 heteroatoms. The summed E-state index contributed by atoms with van der Waals surface area (Å²) in [4.78, 5) is 19.7. The van der Waals surface area contributed by atoms with Crippen LogP contribution in [-0.4, -0.2) is 27.8 Å². The summed E-state index contributed by atoms with van der Waals surface area (Å²) in [6.07, 6.45) is 2.85. The van der Waals surface area contributed by atoms with Crippen LogP contribution >= 0.6 is 11.8 Å². The zero-order valence-electron chi connectivity index (χ0n) is 18.1. The van der Waals surface area contributed by atoms with E-state index in [2.05, 4.69) is 66.1 Å². The summed E-state index contributed by atoms with van der Waals surface area (Å²) >= 11 is 1.52. The second-order valence-electron chi connectivity index (χ2n) is 8.08. The van der Waals surface area contributed by atoms with E-state index in [1.807, 2.05) is 35.4 Å². The predicted molar refractivity (Wildman–Crippen MR) is 131 cm³/mol. The van der Waals surface area contributed by atoms with E-state index >= 15 is 0 Å². The summed E-state index contributed by atoms with van der Waals surface area (Å²) in [6, 6.07) is 27.1. The Labute approximate surface area is 192 Å². The summed E-state index contributed by atoms with van der Waals surface area (Å²) in [6.45, 7) is 3.56. The van der Waals surface area contributed by atoms with Gasteiger partial charge in [0.25, 0.3) is 0 Å². The van der Waals surface area contributed by atoms with Gasteiger partial charge >= 0.3 is 0 Å². The van der Waals surface area contributed by atoms with Crippen molar-refractivity contribution in [1.82, 2.24) is 9.55 Å². The van der Waals surface area contributed by atoms with Gasteiger partial charge in [0.15, 0.2) is 5.16 Å². The van der Waals surface area contributed by atoms with Crippen molar-refractivity contribution in [3.8, 4) is 11.3 Å². The smallest absolute Gasteiger partial charge is 0.237 e. The van der Waals surface area contributed by atoms with Gasteiger partial charge in [-0.25, -0.2) is 4.98 Å². The van der Waals surface area contributed by atoms with E-state index in [-0.39, 0.29) is 5.91 Å². The normalized spacial score (nSPS) is 12.7. The SMILES string of the molecule is Cc1ccc(-c2cnc(SCC(=O)N3CCc4ccccc43)n2Cc2ccccc2)cc1. The van der Waals surface area contributed by atoms with Crippen molar-refractivity contribution < 1.29 is 4.79 Å². The molecule has 32 heavy (non-hydrogen) atoms. The molecule has 1 aliphatic heterocycles. The van der Waals surface area contributed by atoms with Gasteiger partial charge in [-0.3, -0.25) is 4.79 Å². The maximum atomic E-state index is 13.0. The molecule has 0 aliphatic carbocycles. The molecule has 160 valence electrons. The molecule has 0 saturated carbocycles. The second-order valence-corrected chi connectivity index (χ2v) is 9.02. The Morgan fingerprint density at radius 3 is 2.53 bits per heavy atom. The summed E-state index contributed by atoms with van der Waals surface area (Å²) in [5.74, 6) is 0.499. The largest absolute Gasteiger partial charge is 0.314 e. The lowest BCUT2D eigenvalue weighted by molar-refractivity contribution is -0.116. The number of carbonyl (C=O) groups is 1. The van der Waals surface area contributed by atoms with E-state index in [0.717, 1.165) is 35.1 Å². The average molecular weight is 440 g/mol. The fourth-order valence-electron chi connectivity index (χ4n) is 4.15. The molecule has 2 heterocycles. The highest BCUT2D eigenvalue weighted by Gasteiger charge is 2.24. The molecule has 0 radical (unpaired) electrons. The fourth-order valence-corrected chi connectivity index (χ4v) is 5.00. The lowest BCUT2D eigenvalue weighted by Gasteiger charge is -2.17. The van der Waals surface area contributed by atoms with Crippen molar-refractivity contribution >= 4 is 23.4 Å². The van der Waals surface area contributed by atoms with Crippen molar-refractivity contribution in [3.63, 3.8) is 0 Å². The first-order valence-electron chi connectivity index (χ1n) is 10.9. The van der Waals surface area contributed by atoms with Crippen molar-refractivity contribution in [3.05, 3.63) is 102 Å². The molecule has 5 rings (SSSR count). The van der Waals surface area contributed by atoms with Crippen LogP contribution in [0.1, 0.15) is 16.7 Å². The molecule has 1 aliphatic rings. The number of fused-ring (bicyclic) bond motifs is 1. The zero-order valence-corrected chi connectivity index (χ0v) is 18.9. The number of benzene rings is 3. The molecule has 0 bridgehead atoms. The maximum absolute atomic E-state index is 13.0. The number of imidazole rings is 1. The van der Waals surface area contributed by atoms with E-state index in [9.17, 15) is 4.79 Å². The number of aromatic nitrogens is 2. The lowest BCUT2D eigenvalue weighted by Crippen LogP contribution is -2.30. The molecular weight excluding hydrogens is 414 g/mol. The van der Waals surface area contributed by atoms with Gasteiger partial charge in [-0.05, 0) is 36.1 Å². The Hall–Kier alpha value is -3.31. The first kappa shape index (κ1) is 20.6. The van der Waals surface area contributed by atoms with Gasteiger partial charge in [-0.1, -0.05) is 90.1 Å². The lowest BCUT2D eigenvalue weighted by atomic mass is 10.1. The highest BCUT2D eigenvalue weighted by Crippen LogP contribution is 2.31. The standard InChI is InChI=1S/C27H25N3OS/c1-20-11-13-23(14-12-20)25-17-28-27(30(25)18-21-7-3-2-4-8-21)32-19-26(31)29-16-15-22-9-5-6-10-24(22)29/h2-14,17H,15-16,18-19H2,1H3. The Bertz CT molecular complexity index is 1230. The van der Waals surface area contributed by atoms with Gasteiger partial charge < -0.3 is 9.47 Å². The number of nitrogens with zero attached hydrogens (tertiary/aromatic N) is 3. The molecule has 1 aromatic heterocycles. The van der Waals surface area contributed by atoms with Crippen LogP contribution in [0.25, 0.3) is 11.3 Å².